The summed E-state index contributed by atoms with van der Waals surface area (Å²) in [5, 5.41) is 4.32. The Bertz CT molecular complexity index is 985. The third kappa shape index (κ3) is 5.35. The first-order chi connectivity index (χ1) is 14.1. The minimum Gasteiger partial charge on any atom is -0.485 e. The maximum atomic E-state index is 12.3. The molecule has 0 radical (unpaired) electrons. The van der Waals surface area contributed by atoms with Gasteiger partial charge in [0, 0.05) is 0 Å². The molecule has 0 spiro atoms. The molecule has 3 aromatic rings. The topological polar surface area (TPSA) is 106 Å². The van der Waals surface area contributed by atoms with E-state index in [4.69, 9.17) is 19.9 Å². The van der Waals surface area contributed by atoms with Crippen LogP contribution in [-0.4, -0.2) is 34.9 Å². The van der Waals surface area contributed by atoms with Crippen LogP contribution in [0, 0.1) is 0 Å². The summed E-state index contributed by atoms with van der Waals surface area (Å²) in [6.07, 6.45) is 1.63. The molecule has 0 bridgehead atoms. The summed E-state index contributed by atoms with van der Waals surface area (Å²) >= 11 is 0. The number of nitrogens with two attached hydrogens (primary N) is 1. The molecule has 0 aliphatic rings. The highest BCUT2D eigenvalue weighted by Gasteiger charge is 2.20. The number of esters is 1. The number of nitrogens with zero attached hydrogens (tertiary/aromatic N) is 2. The highest BCUT2D eigenvalue weighted by atomic mass is 16.5. The van der Waals surface area contributed by atoms with E-state index >= 15 is 0 Å². The lowest BCUT2D eigenvalue weighted by Crippen LogP contribution is -2.20. The van der Waals surface area contributed by atoms with Crippen LogP contribution in [0.5, 0.6) is 11.5 Å². The van der Waals surface area contributed by atoms with Gasteiger partial charge >= 0.3 is 5.97 Å². The fourth-order valence-electron chi connectivity index (χ4n) is 2.56. The second-order valence-electron chi connectivity index (χ2n) is 6.03. The first-order valence-corrected chi connectivity index (χ1v) is 9.02. The molecule has 29 heavy (non-hydrogen) atoms. The Morgan fingerprint density at radius 1 is 1.07 bits per heavy atom. The molecule has 0 unspecified atom stereocenters. The largest absolute Gasteiger partial charge is 0.485 e. The zero-order chi connectivity index (χ0) is 20.6. The summed E-state index contributed by atoms with van der Waals surface area (Å²) in [4.78, 5) is 23.1. The van der Waals surface area contributed by atoms with E-state index in [1.54, 1.807) is 36.0 Å². The van der Waals surface area contributed by atoms with E-state index in [-0.39, 0.29) is 25.5 Å². The van der Waals surface area contributed by atoms with Gasteiger partial charge in [0.25, 0.3) is 5.91 Å². The number of hydrogen-bond donors (Lipinski definition) is 1. The third-order valence-electron chi connectivity index (χ3n) is 3.84. The number of benzene rings is 2. The molecule has 1 heterocycles. The first kappa shape index (κ1) is 19.9. The molecule has 8 nitrogen and oxygen atoms in total. The molecule has 0 aliphatic heterocycles. The van der Waals surface area contributed by atoms with Gasteiger partial charge in [-0.05, 0) is 36.8 Å². The Morgan fingerprint density at radius 3 is 2.59 bits per heavy atom. The van der Waals surface area contributed by atoms with Crippen molar-refractivity contribution in [2.45, 2.75) is 13.5 Å². The van der Waals surface area contributed by atoms with Crippen LogP contribution in [-0.2, 0) is 16.1 Å². The van der Waals surface area contributed by atoms with Crippen molar-refractivity contribution in [3.8, 4) is 17.2 Å². The smallest absolute Gasteiger partial charge is 0.362 e. The number of carbonyl (C=O) groups is 2. The van der Waals surface area contributed by atoms with Crippen molar-refractivity contribution in [3.63, 3.8) is 0 Å². The van der Waals surface area contributed by atoms with E-state index in [2.05, 4.69) is 5.10 Å². The number of carbonyl (C=O) groups excluding carboxylic acids is 2. The Kier molecular flexibility index (Phi) is 6.47. The zero-order valence-corrected chi connectivity index (χ0v) is 15.9. The predicted molar refractivity (Wildman–Crippen MR) is 105 cm³/mol. The Hall–Kier alpha value is -3.81. The lowest BCUT2D eigenvalue weighted by atomic mass is 10.2. The number of amides is 1. The van der Waals surface area contributed by atoms with Crippen molar-refractivity contribution in [1.29, 1.82) is 0 Å². The average molecular weight is 395 g/mol. The number of ether oxygens (including phenoxy) is 3. The summed E-state index contributed by atoms with van der Waals surface area (Å²) in [6, 6.07) is 16.4. The zero-order valence-electron chi connectivity index (χ0n) is 15.9. The summed E-state index contributed by atoms with van der Waals surface area (Å²) < 4.78 is 17.8. The van der Waals surface area contributed by atoms with Gasteiger partial charge in [0.1, 0.15) is 12.4 Å². The van der Waals surface area contributed by atoms with E-state index in [0.29, 0.717) is 11.5 Å². The number of primary amides is 1. The quantitative estimate of drug-likeness (QED) is 0.558. The Labute approximate surface area is 167 Å². The van der Waals surface area contributed by atoms with Crippen LogP contribution in [0.1, 0.15) is 23.0 Å². The molecule has 0 atom stereocenters. The van der Waals surface area contributed by atoms with Gasteiger partial charge in [-0.15, -0.1) is 0 Å². The van der Waals surface area contributed by atoms with E-state index in [1.165, 1.54) is 0 Å². The third-order valence-corrected chi connectivity index (χ3v) is 3.84. The lowest BCUT2D eigenvalue weighted by Gasteiger charge is -2.08. The molecule has 0 fully saturated rings. The maximum absolute atomic E-state index is 12.3. The molecule has 0 saturated heterocycles. The highest BCUT2D eigenvalue weighted by molar-refractivity contribution is 5.90. The molecular weight excluding hydrogens is 374 g/mol. The first-order valence-electron chi connectivity index (χ1n) is 9.02. The van der Waals surface area contributed by atoms with Gasteiger partial charge in [-0.3, -0.25) is 4.79 Å². The number of para-hydroxylation sites is 1. The molecule has 0 saturated carbocycles. The molecule has 150 valence electrons. The fourth-order valence-corrected chi connectivity index (χ4v) is 2.56. The summed E-state index contributed by atoms with van der Waals surface area (Å²) in [6.45, 7) is 1.92. The molecule has 1 amide bonds. The van der Waals surface area contributed by atoms with Crippen molar-refractivity contribution in [3.05, 3.63) is 72.1 Å². The van der Waals surface area contributed by atoms with E-state index in [1.807, 2.05) is 36.4 Å². The average Bonchev–Trinajstić information content (AvgIpc) is 3.16. The van der Waals surface area contributed by atoms with Crippen molar-refractivity contribution in [2.75, 3.05) is 13.2 Å². The van der Waals surface area contributed by atoms with Gasteiger partial charge in [-0.2, -0.15) is 5.10 Å². The molecule has 2 aromatic carbocycles. The van der Waals surface area contributed by atoms with Crippen molar-refractivity contribution in [1.82, 2.24) is 9.78 Å². The van der Waals surface area contributed by atoms with Crippen LogP contribution in [0.2, 0.25) is 0 Å². The monoisotopic (exact) mass is 395 g/mol. The van der Waals surface area contributed by atoms with Gasteiger partial charge < -0.3 is 19.9 Å². The number of hydrogen-bond acceptors (Lipinski definition) is 6. The summed E-state index contributed by atoms with van der Waals surface area (Å²) in [5.74, 6) is -0.318. The van der Waals surface area contributed by atoms with Gasteiger partial charge in [-0.1, -0.05) is 30.3 Å². The fraction of sp³-hybridized carbons (Fsp3) is 0.190. The molecule has 0 aliphatic carbocycles. The molecule has 3 rings (SSSR count). The van der Waals surface area contributed by atoms with E-state index in [0.717, 1.165) is 11.3 Å². The normalized spacial score (nSPS) is 10.4. The highest BCUT2D eigenvalue weighted by Crippen LogP contribution is 2.23. The number of aromatic nitrogens is 2. The molecule has 1 aromatic heterocycles. The summed E-state index contributed by atoms with van der Waals surface area (Å²) in [7, 11) is 0. The van der Waals surface area contributed by atoms with Gasteiger partial charge in [-0.25, -0.2) is 9.48 Å². The SMILES string of the molecule is CCOC(=O)c1nn(-c2ccccc2)cc1OCc1cccc(OCC(N)=O)c1. The second-order valence-corrected chi connectivity index (χ2v) is 6.03. The maximum Gasteiger partial charge on any atom is 0.362 e. The van der Waals surface area contributed by atoms with Crippen LogP contribution in [0.15, 0.2) is 60.8 Å². The molecular formula is C21H21N3O5. The van der Waals surface area contributed by atoms with Crippen LogP contribution in [0.3, 0.4) is 0 Å². The Morgan fingerprint density at radius 2 is 1.86 bits per heavy atom. The minimum atomic E-state index is -0.560. The van der Waals surface area contributed by atoms with Gasteiger partial charge in [0.2, 0.25) is 5.69 Å². The Balaban J connectivity index is 1.79. The molecule has 2 N–H and O–H groups in total. The van der Waals surface area contributed by atoms with Crippen LogP contribution >= 0.6 is 0 Å². The van der Waals surface area contributed by atoms with Crippen LogP contribution in [0.4, 0.5) is 0 Å². The van der Waals surface area contributed by atoms with Gasteiger partial charge in [0.15, 0.2) is 12.4 Å². The predicted octanol–water partition coefficient (Wildman–Crippen LogP) is 2.49. The van der Waals surface area contributed by atoms with E-state index < -0.39 is 11.9 Å². The van der Waals surface area contributed by atoms with Crippen molar-refractivity contribution >= 4 is 11.9 Å². The molecule has 8 heteroatoms. The van der Waals surface area contributed by atoms with Crippen molar-refractivity contribution in [2.24, 2.45) is 5.73 Å². The number of rotatable bonds is 9. The standard InChI is InChI=1S/C21H21N3O5/c1-2-27-21(26)20-18(12-24(23-20)16-8-4-3-5-9-16)29-13-15-7-6-10-17(11-15)28-14-19(22)25/h3-12H,2,13-14H2,1H3,(H2,22,25). The van der Waals surface area contributed by atoms with Crippen LogP contribution < -0.4 is 15.2 Å². The minimum absolute atomic E-state index is 0.0943. The van der Waals surface area contributed by atoms with Gasteiger partial charge in [0.05, 0.1) is 18.5 Å². The summed E-state index contributed by atoms with van der Waals surface area (Å²) in [5.41, 5.74) is 6.76. The van der Waals surface area contributed by atoms with E-state index in [9.17, 15) is 9.59 Å². The second kappa shape index (κ2) is 9.41. The van der Waals surface area contributed by atoms with Crippen LogP contribution in [0.25, 0.3) is 5.69 Å². The lowest BCUT2D eigenvalue weighted by molar-refractivity contribution is -0.119. The van der Waals surface area contributed by atoms with Crippen molar-refractivity contribution < 1.29 is 23.8 Å².